The molecule has 2 aliphatic rings. The summed E-state index contributed by atoms with van der Waals surface area (Å²) in [7, 11) is 1.62. The van der Waals surface area contributed by atoms with Gasteiger partial charge in [0.25, 0.3) is 11.5 Å². The van der Waals surface area contributed by atoms with Gasteiger partial charge in [-0.25, -0.2) is 0 Å². The van der Waals surface area contributed by atoms with Crippen molar-refractivity contribution in [1.29, 1.82) is 0 Å². The van der Waals surface area contributed by atoms with E-state index in [4.69, 9.17) is 0 Å². The van der Waals surface area contributed by atoms with Crippen molar-refractivity contribution >= 4 is 11.8 Å². The molecular formula is C17H23N3O3. The Balaban J connectivity index is 1.56. The summed E-state index contributed by atoms with van der Waals surface area (Å²) in [6.07, 6.45) is 6.72. The van der Waals surface area contributed by atoms with Gasteiger partial charge < -0.3 is 14.8 Å². The average molecular weight is 317 g/mol. The van der Waals surface area contributed by atoms with Crippen molar-refractivity contribution in [3.05, 3.63) is 34.2 Å². The summed E-state index contributed by atoms with van der Waals surface area (Å²) in [5.41, 5.74) is -0.160. The van der Waals surface area contributed by atoms with E-state index in [-0.39, 0.29) is 28.9 Å². The molecule has 0 radical (unpaired) electrons. The Morgan fingerprint density at radius 1 is 1.30 bits per heavy atom. The third-order valence-corrected chi connectivity index (χ3v) is 4.92. The Morgan fingerprint density at radius 2 is 2.04 bits per heavy atom. The maximum absolute atomic E-state index is 12.2. The van der Waals surface area contributed by atoms with E-state index in [9.17, 15) is 14.4 Å². The van der Waals surface area contributed by atoms with Crippen LogP contribution in [0.3, 0.4) is 0 Å². The van der Waals surface area contributed by atoms with Crippen LogP contribution in [0.2, 0.25) is 0 Å². The van der Waals surface area contributed by atoms with E-state index in [0.29, 0.717) is 19.0 Å². The summed E-state index contributed by atoms with van der Waals surface area (Å²) in [5, 5.41) is 2.81. The maximum Gasteiger partial charge on any atom is 0.263 e. The van der Waals surface area contributed by atoms with Gasteiger partial charge in [0, 0.05) is 44.7 Å². The van der Waals surface area contributed by atoms with Crippen LogP contribution in [-0.4, -0.2) is 40.4 Å². The van der Waals surface area contributed by atoms with E-state index in [2.05, 4.69) is 5.32 Å². The summed E-state index contributed by atoms with van der Waals surface area (Å²) in [5.74, 6) is -0.0237. The Kier molecular flexibility index (Phi) is 4.50. The molecule has 1 aliphatic carbocycles. The van der Waals surface area contributed by atoms with Crippen LogP contribution < -0.4 is 10.9 Å². The van der Waals surface area contributed by atoms with Crippen LogP contribution in [0.25, 0.3) is 0 Å². The van der Waals surface area contributed by atoms with E-state index in [0.717, 1.165) is 19.4 Å². The second-order valence-corrected chi connectivity index (χ2v) is 6.60. The van der Waals surface area contributed by atoms with Crippen LogP contribution in [0, 0.1) is 5.92 Å². The lowest BCUT2D eigenvalue weighted by atomic mass is 10.1. The number of amides is 2. The predicted octanol–water partition coefficient (Wildman–Crippen LogP) is 0.906. The molecule has 1 N–H and O–H groups in total. The minimum atomic E-state index is -0.363. The van der Waals surface area contributed by atoms with E-state index < -0.39 is 0 Å². The van der Waals surface area contributed by atoms with Crippen molar-refractivity contribution in [3.8, 4) is 0 Å². The topological polar surface area (TPSA) is 71.4 Å². The molecule has 1 atom stereocenters. The highest BCUT2D eigenvalue weighted by Crippen LogP contribution is 2.29. The third kappa shape index (κ3) is 3.30. The molecule has 1 aromatic heterocycles. The summed E-state index contributed by atoms with van der Waals surface area (Å²) >= 11 is 0. The number of carbonyl (C=O) groups excluding carboxylic acids is 2. The van der Waals surface area contributed by atoms with Crippen molar-refractivity contribution in [1.82, 2.24) is 14.8 Å². The minimum Gasteiger partial charge on any atom is -0.352 e. The Morgan fingerprint density at radius 3 is 2.78 bits per heavy atom. The summed E-state index contributed by atoms with van der Waals surface area (Å²) in [6, 6.07) is 3.60. The van der Waals surface area contributed by atoms with Crippen molar-refractivity contribution < 1.29 is 9.59 Å². The molecule has 124 valence electrons. The Labute approximate surface area is 135 Å². The van der Waals surface area contributed by atoms with Crippen molar-refractivity contribution in [2.24, 2.45) is 13.0 Å². The highest BCUT2D eigenvalue weighted by atomic mass is 16.2. The first-order chi connectivity index (χ1) is 11.1. The normalized spacial score (nSPS) is 21.9. The molecule has 6 nitrogen and oxygen atoms in total. The molecule has 0 bridgehead atoms. The lowest BCUT2D eigenvalue weighted by molar-refractivity contribution is -0.129. The van der Waals surface area contributed by atoms with E-state index in [1.807, 2.05) is 4.90 Å². The smallest absolute Gasteiger partial charge is 0.263 e. The van der Waals surface area contributed by atoms with Gasteiger partial charge in [0.05, 0.1) is 0 Å². The Hall–Kier alpha value is -2.11. The molecule has 1 saturated carbocycles. The highest BCUT2D eigenvalue weighted by Gasteiger charge is 2.35. The molecule has 0 aromatic carbocycles. The van der Waals surface area contributed by atoms with E-state index >= 15 is 0 Å². The van der Waals surface area contributed by atoms with Crippen LogP contribution in [0.15, 0.2) is 23.1 Å². The van der Waals surface area contributed by atoms with Gasteiger partial charge in [-0.3, -0.25) is 14.4 Å². The fourth-order valence-corrected chi connectivity index (χ4v) is 3.62. The molecule has 1 aromatic rings. The lowest BCUT2D eigenvalue weighted by Gasteiger charge is -2.24. The molecule has 2 heterocycles. The highest BCUT2D eigenvalue weighted by molar-refractivity contribution is 5.93. The van der Waals surface area contributed by atoms with Crippen LogP contribution in [0.1, 0.15) is 42.5 Å². The predicted molar refractivity (Wildman–Crippen MR) is 86.1 cm³/mol. The number of nitrogens with zero attached hydrogens (tertiary/aromatic N) is 2. The number of aryl methyl sites for hydroxylation is 1. The minimum absolute atomic E-state index is 0.139. The largest absolute Gasteiger partial charge is 0.352 e. The number of pyridine rings is 1. The van der Waals surface area contributed by atoms with Crippen LogP contribution in [0.5, 0.6) is 0 Å². The van der Waals surface area contributed by atoms with Gasteiger partial charge in [0.1, 0.15) is 5.56 Å². The van der Waals surface area contributed by atoms with Crippen molar-refractivity contribution in [3.63, 3.8) is 0 Å². The first-order valence-corrected chi connectivity index (χ1v) is 8.29. The third-order valence-electron chi connectivity index (χ3n) is 4.92. The number of hydrogen-bond acceptors (Lipinski definition) is 3. The molecule has 1 aliphatic heterocycles. The molecule has 23 heavy (non-hydrogen) atoms. The van der Waals surface area contributed by atoms with Crippen LogP contribution in [-0.2, 0) is 11.8 Å². The second-order valence-electron chi connectivity index (χ2n) is 6.60. The monoisotopic (exact) mass is 317 g/mol. The summed E-state index contributed by atoms with van der Waals surface area (Å²) in [4.78, 5) is 38.2. The molecule has 6 heteroatoms. The SMILES string of the molecule is Cn1cccc(C(=O)NC[C@@H]2CC(=O)N(C3CCCC3)C2)c1=O. The van der Waals surface area contributed by atoms with Gasteiger partial charge >= 0.3 is 0 Å². The van der Waals surface area contributed by atoms with Gasteiger partial charge in [-0.2, -0.15) is 0 Å². The lowest BCUT2D eigenvalue weighted by Crippen LogP contribution is -2.37. The standard InChI is InChI=1S/C17H23N3O3/c1-19-8-4-7-14(17(19)23)16(22)18-10-12-9-15(21)20(11-12)13-5-2-3-6-13/h4,7-8,12-13H,2-3,5-6,9-11H2,1H3,(H,18,22)/t12-/m0/s1. The van der Waals surface area contributed by atoms with E-state index in [1.54, 1.807) is 19.3 Å². The van der Waals surface area contributed by atoms with Gasteiger partial charge in [0.2, 0.25) is 5.91 Å². The van der Waals surface area contributed by atoms with Crippen LogP contribution >= 0.6 is 0 Å². The number of hydrogen-bond donors (Lipinski definition) is 1. The zero-order valence-electron chi connectivity index (χ0n) is 13.5. The first-order valence-electron chi connectivity index (χ1n) is 8.29. The zero-order chi connectivity index (χ0) is 16.4. The molecular weight excluding hydrogens is 294 g/mol. The van der Waals surface area contributed by atoms with Crippen molar-refractivity contribution in [2.75, 3.05) is 13.1 Å². The quantitative estimate of drug-likeness (QED) is 0.897. The van der Waals surface area contributed by atoms with E-state index in [1.165, 1.54) is 23.5 Å². The van der Waals surface area contributed by atoms with Crippen LogP contribution in [0.4, 0.5) is 0 Å². The molecule has 0 spiro atoms. The first kappa shape index (κ1) is 15.8. The van der Waals surface area contributed by atoms with Gasteiger partial charge in [0.15, 0.2) is 0 Å². The number of carbonyl (C=O) groups is 2. The molecule has 0 unspecified atom stereocenters. The number of aromatic nitrogens is 1. The summed E-state index contributed by atoms with van der Waals surface area (Å²) < 4.78 is 1.38. The second kappa shape index (κ2) is 6.56. The molecule has 2 amide bonds. The maximum atomic E-state index is 12.2. The number of likely N-dealkylation sites (tertiary alicyclic amines) is 1. The fourth-order valence-electron chi connectivity index (χ4n) is 3.62. The van der Waals surface area contributed by atoms with Gasteiger partial charge in [-0.05, 0) is 25.0 Å². The average Bonchev–Trinajstić information content (AvgIpc) is 3.17. The number of rotatable bonds is 4. The fraction of sp³-hybridized carbons (Fsp3) is 0.588. The van der Waals surface area contributed by atoms with Crippen molar-refractivity contribution in [2.45, 2.75) is 38.1 Å². The zero-order valence-corrected chi connectivity index (χ0v) is 13.5. The summed E-state index contributed by atoms with van der Waals surface area (Å²) in [6.45, 7) is 1.16. The van der Waals surface area contributed by atoms with Gasteiger partial charge in [-0.1, -0.05) is 12.8 Å². The molecule has 3 rings (SSSR count). The number of nitrogens with one attached hydrogen (secondary N) is 1. The van der Waals surface area contributed by atoms with Gasteiger partial charge in [-0.15, -0.1) is 0 Å². The molecule has 2 fully saturated rings. The Bertz CT molecular complexity index is 661. The molecule has 1 saturated heterocycles.